The zero-order valence-electron chi connectivity index (χ0n) is 48.0. The first-order chi connectivity index (χ1) is 37.9. The third-order valence-corrected chi connectivity index (χ3v) is 18.8. The third-order valence-electron chi connectivity index (χ3n) is 16.3. The Labute approximate surface area is 470 Å². The molecule has 2 saturated heterocycles. The van der Waals surface area contributed by atoms with Gasteiger partial charge in [-0.25, -0.2) is 33.1 Å². The number of amides is 4. The highest BCUT2D eigenvalue weighted by Crippen LogP contribution is 2.39. The number of rotatable bonds is 14. The first kappa shape index (κ1) is 57.8. The highest BCUT2D eigenvalue weighted by molar-refractivity contribution is 7.92. The molecule has 3 aliphatic heterocycles. The van der Waals surface area contributed by atoms with E-state index in [1.165, 1.54) is 23.8 Å². The summed E-state index contributed by atoms with van der Waals surface area (Å²) >= 11 is 0. The van der Waals surface area contributed by atoms with E-state index in [0.717, 1.165) is 68.1 Å². The van der Waals surface area contributed by atoms with E-state index in [9.17, 15) is 22.8 Å². The molecule has 5 heterocycles. The first-order valence-electron chi connectivity index (χ1n) is 28.3. The normalized spacial score (nSPS) is 21.1. The molecule has 4 aromatic rings. The fraction of sp³-hybridized carbons (Fsp3) is 0.576. The van der Waals surface area contributed by atoms with E-state index in [2.05, 4.69) is 37.0 Å². The summed E-state index contributed by atoms with van der Waals surface area (Å²) in [6.45, 7) is 17.6. The molecule has 80 heavy (non-hydrogen) atoms. The van der Waals surface area contributed by atoms with E-state index < -0.39 is 56.4 Å². The predicted molar refractivity (Wildman–Crippen MR) is 305 cm³/mol. The van der Waals surface area contributed by atoms with E-state index in [-0.39, 0.29) is 53.5 Å². The van der Waals surface area contributed by atoms with Gasteiger partial charge in [0.2, 0.25) is 23.7 Å². The van der Waals surface area contributed by atoms with E-state index in [0.29, 0.717) is 66.7 Å². The van der Waals surface area contributed by atoms with Crippen LogP contribution in [0.15, 0.2) is 76.2 Å². The van der Waals surface area contributed by atoms with Crippen molar-refractivity contribution in [1.29, 1.82) is 0 Å². The Hall–Kier alpha value is -6.90. The zero-order chi connectivity index (χ0) is 57.3. The second-order valence-corrected chi connectivity index (χ2v) is 26.8. The van der Waals surface area contributed by atoms with Crippen LogP contribution in [0.1, 0.15) is 144 Å². The standard InChI is InChI=1S/C59H79N11O9S/c1-35-30-60-51(36(35)2)67-52-44-28-49(80(75,76)59(7,8)9)48(29-46(44)63-34-64-52)78-40-23-25-69(26-24-40)56-61-31-42(32-62-56)77-41-27-47(54(72)65-45-22-16-20-38-17-14-15-21-43(38)45)70(33-41)55(73)50(39-18-12-11-13-19-39)66-53(71)37(3)68(10)57(74)79-58(4,5)6/h14-15,17,21,28-29,31-32,34,37,39-41,45,47,50H,11-13,16,18-20,22-27,30,33H2,1-10H3,(H,65,72)(H,66,71)(H,60,63,64,67)/t37-,41-,45+,47-,50-/m0/s1. The number of benzene rings is 2. The molecule has 3 N–H and O–H groups in total. The van der Waals surface area contributed by atoms with Gasteiger partial charge in [0.15, 0.2) is 15.6 Å². The maximum atomic E-state index is 15.2. The Morgan fingerprint density at radius 2 is 1.56 bits per heavy atom. The van der Waals surface area contributed by atoms with Crippen LogP contribution >= 0.6 is 0 Å². The lowest BCUT2D eigenvalue weighted by atomic mass is 9.83. The van der Waals surface area contributed by atoms with E-state index >= 15 is 4.79 Å². The van der Waals surface area contributed by atoms with Gasteiger partial charge in [0.1, 0.15) is 64.6 Å². The molecule has 2 aromatic heterocycles. The minimum Gasteiger partial charge on any atom is -0.489 e. The lowest BCUT2D eigenvalue weighted by Crippen LogP contribution is -2.59. The Morgan fingerprint density at radius 1 is 0.850 bits per heavy atom. The summed E-state index contributed by atoms with van der Waals surface area (Å²) in [5.74, 6) is 0.888. The Kier molecular flexibility index (Phi) is 17.1. The highest BCUT2D eigenvalue weighted by Gasteiger charge is 2.46. The monoisotopic (exact) mass is 1120 g/mol. The molecule has 1 saturated carbocycles. The van der Waals surface area contributed by atoms with Crippen LogP contribution < -0.4 is 30.3 Å². The SMILES string of the molecule is CC1=C(C)C(Nc2ncnc3cc(OC4CCN(c5ncc(O[C@H]6C[C@@H](C(=O)N[C@@H]7CCCc8ccccc87)N(C(=O)[C@@H](NC(=O)[C@H](C)N(C)C(=O)OC(C)(C)C)C7CCCCC7)C6)cn5)CC4)c(S(=O)(=O)C(C)(C)C)cc23)=NC1. The van der Waals surface area contributed by atoms with Crippen LogP contribution in [0.2, 0.25) is 0 Å². The van der Waals surface area contributed by atoms with Crippen LogP contribution in [0, 0.1) is 5.92 Å². The molecule has 5 atom stereocenters. The molecule has 0 radical (unpaired) electrons. The molecule has 2 aliphatic carbocycles. The molecule has 0 spiro atoms. The zero-order valence-corrected chi connectivity index (χ0v) is 48.8. The summed E-state index contributed by atoms with van der Waals surface area (Å²) in [6, 6.07) is 8.40. The lowest BCUT2D eigenvalue weighted by molar-refractivity contribution is -0.143. The summed E-state index contributed by atoms with van der Waals surface area (Å²) in [5, 5.41) is 10.2. The second-order valence-electron chi connectivity index (χ2n) is 24.2. The fourth-order valence-corrected chi connectivity index (χ4v) is 12.6. The summed E-state index contributed by atoms with van der Waals surface area (Å²) in [7, 11) is -2.39. The number of ether oxygens (including phenoxy) is 3. The Bertz CT molecular complexity index is 3140. The van der Waals surface area contributed by atoms with Gasteiger partial charge in [0.25, 0.3) is 0 Å². The smallest absolute Gasteiger partial charge is 0.410 e. The number of likely N-dealkylation sites (N-methyl/N-ethyl adjacent to an activating group) is 1. The number of amidine groups is 1. The molecular formula is C59H79N11O9S. The number of carbonyl (C=O) groups is 4. The number of nitrogens with one attached hydrogen (secondary N) is 3. The van der Waals surface area contributed by atoms with Crippen molar-refractivity contribution in [3.8, 4) is 11.5 Å². The van der Waals surface area contributed by atoms with Crippen molar-refractivity contribution in [2.24, 2.45) is 10.9 Å². The summed E-state index contributed by atoms with van der Waals surface area (Å²) in [6.07, 6.45) is 11.2. The Balaban J connectivity index is 0.892. The second kappa shape index (κ2) is 23.7. The molecule has 21 heteroatoms. The van der Waals surface area contributed by atoms with Gasteiger partial charge in [-0.1, -0.05) is 43.5 Å². The van der Waals surface area contributed by atoms with Crippen LogP contribution in [0.3, 0.4) is 0 Å². The number of carbonyl (C=O) groups excluding carboxylic acids is 4. The average Bonchev–Trinajstić information content (AvgIpc) is 4.06. The van der Waals surface area contributed by atoms with E-state index in [1.54, 1.807) is 77.9 Å². The number of piperidine rings is 1. The van der Waals surface area contributed by atoms with Crippen molar-refractivity contribution in [1.82, 2.24) is 40.4 Å². The Morgan fingerprint density at radius 3 is 2.24 bits per heavy atom. The summed E-state index contributed by atoms with van der Waals surface area (Å²) in [5.41, 5.74) is 4.18. The van der Waals surface area contributed by atoms with Gasteiger partial charge in [-0.05, 0) is 129 Å². The number of nitrogens with zero attached hydrogens (tertiary/aromatic N) is 8. The molecule has 430 valence electrons. The fourth-order valence-electron chi connectivity index (χ4n) is 11.3. The third kappa shape index (κ3) is 12.8. The number of aryl methyl sites for hydroxylation is 1. The quantitative estimate of drug-likeness (QED) is 0.108. The first-order valence-corrected chi connectivity index (χ1v) is 29.8. The number of sulfone groups is 1. The minimum atomic E-state index is -3.89. The number of likely N-dealkylation sites (tertiary alicyclic amines) is 1. The highest BCUT2D eigenvalue weighted by atomic mass is 32.2. The maximum absolute atomic E-state index is 15.2. The molecule has 0 bridgehead atoms. The van der Waals surface area contributed by atoms with Crippen molar-refractivity contribution < 1.29 is 41.8 Å². The average molecular weight is 1120 g/mol. The van der Waals surface area contributed by atoms with Crippen molar-refractivity contribution in [3.05, 3.63) is 77.4 Å². The van der Waals surface area contributed by atoms with Crippen molar-refractivity contribution in [2.75, 3.05) is 43.4 Å². The number of anilines is 2. The van der Waals surface area contributed by atoms with Crippen LogP contribution in [0.4, 0.5) is 16.6 Å². The van der Waals surface area contributed by atoms with Crippen molar-refractivity contribution in [3.63, 3.8) is 0 Å². The van der Waals surface area contributed by atoms with Crippen molar-refractivity contribution in [2.45, 2.75) is 185 Å². The van der Waals surface area contributed by atoms with Crippen molar-refractivity contribution >= 4 is 62.2 Å². The van der Waals surface area contributed by atoms with Gasteiger partial charge in [-0.3, -0.25) is 24.3 Å². The molecule has 2 aromatic carbocycles. The number of hydrogen-bond donors (Lipinski definition) is 3. The molecule has 4 amide bonds. The van der Waals surface area contributed by atoms with Crippen LogP contribution in [-0.2, 0) is 35.4 Å². The molecule has 9 rings (SSSR count). The number of hydrogen-bond acceptors (Lipinski definition) is 16. The number of aromatic nitrogens is 4. The van der Waals surface area contributed by atoms with Gasteiger partial charge in [-0.15, -0.1) is 0 Å². The van der Waals surface area contributed by atoms with Gasteiger partial charge in [0.05, 0.1) is 41.8 Å². The minimum absolute atomic E-state index is 0.0656. The van der Waals surface area contributed by atoms with Gasteiger partial charge in [0, 0.05) is 50.9 Å². The molecule has 20 nitrogen and oxygen atoms in total. The van der Waals surface area contributed by atoms with Gasteiger partial charge in [-0.2, -0.15) is 0 Å². The van der Waals surface area contributed by atoms with Crippen LogP contribution in [0.25, 0.3) is 10.9 Å². The summed E-state index contributed by atoms with van der Waals surface area (Å²) < 4.78 is 46.0. The van der Waals surface area contributed by atoms with E-state index in [4.69, 9.17) is 24.2 Å². The lowest BCUT2D eigenvalue weighted by Gasteiger charge is -2.36. The van der Waals surface area contributed by atoms with Crippen LogP contribution in [0.5, 0.6) is 11.5 Å². The topological polar surface area (TPSA) is 240 Å². The number of aliphatic imine (C=N–C) groups is 1. The predicted octanol–water partition coefficient (Wildman–Crippen LogP) is 8.06. The molecule has 3 fully saturated rings. The van der Waals surface area contributed by atoms with Crippen LogP contribution in [-0.4, -0.2) is 142 Å². The number of fused-ring (bicyclic) bond motifs is 2. The van der Waals surface area contributed by atoms with Gasteiger partial charge < -0.3 is 40.0 Å². The molecular weight excluding hydrogens is 1040 g/mol. The summed E-state index contributed by atoms with van der Waals surface area (Å²) in [4.78, 5) is 84.8. The van der Waals surface area contributed by atoms with Gasteiger partial charge >= 0.3 is 6.09 Å². The largest absolute Gasteiger partial charge is 0.489 e. The maximum Gasteiger partial charge on any atom is 0.410 e. The molecule has 0 unspecified atom stereocenters. The van der Waals surface area contributed by atoms with E-state index in [1.807, 2.05) is 36.9 Å². The molecule has 5 aliphatic rings.